The Hall–Kier alpha value is -1.04. The summed E-state index contributed by atoms with van der Waals surface area (Å²) in [7, 11) is 4.17. The fourth-order valence-corrected chi connectivity index (χ4v) is 2.96. The molecule has 0 amide bonds. The molecule has 112 valence electrons. The van der Waals surface area contributed by atoms with Gasteiger partial charge in [0.05, 0.1) is 0 Å². The highest BCUT2D eigenvalue weighted by Crippen LogP contribution is 2.27. The minimum absolute atomic E-state index is 0.168. The minimum atomic E-state index is -0.548. The lowest BCUT2D eigenvalue weighted by Gasteiger charge is -2.39. The molecule has 0 saturated carbocycles. The van der Waals surface area contributed by atoms with E-state index < -0.39 is 11.6 Å². The maximum Gasteiger partial charge on any atom is 0.130 e. The summed E-state index contributed by atoms with van der Waals surface area (Å²) in [4.78, 5) is 4.43. The van der Waals surface area contributed by atoms with E-state index in [1.54, 1.807) is 0 Å². The summed E-state index contributed by atoms with van der Waals surface area (Å²) < 4.78 is 26.9. The third kappa shape index (κ3) is 3.34. The second kappa shape index (κ2) is 6.61. The summed E-state index contributed by atoms with van der Waals surface area (Å²) in [5, 5.41) is 0. The third-order valence-corrected chi connectivity index (χ3v) is 4.21. The van der Waals surface area contributed by atoms with E-state index in [1.807, 2.05) is 0 Å². The van der Waals surface area contributed by atoms with Crippen molar-refractivity contribution >= 4 is 0 Å². The monoisotopic (exact) mass is 283 g/mol. The van der Waals surface area contributed by atoms with Crippen molar-refractivity contribution in [2.45, 2.75) is 24.9 Å². The van der Waals surface area contributed by atoms with Gasteiger partial charge in [-0.05, 0) is 33.0 Å². The second-order valence-corrected chi connectivity index (χ2v) is 5.65. The summed E-state index contributed by atoms with van der Waals surface area (Å²) in [5.41, 5.74) is 6.32. The summed E-state index contributed by atoms with van der Waals surface area (Å²) in [6.45, 7) is 2.12. The average Bonchev–Trinajstić information content (AvgIpc) is 2.42. The van der Waals surface area contributed by atoms with Gasteiger partial charge in [-0.3, -0.25) is 4.90 Å². The molecule has 1 unspecified atom stereocenters. The van der Waals surface area contributed by atoms with Crippen molar-refractivity contribution in [3.8, 4) is 0 Å². The van der Waals surface area contributed by atoms with E-state index in [1.165, 1.54) is 12.1 Å². The van der Waals surface area contributed by atoms with Gasteiger partial charge in [-0.25, -0.2) is 8.78 Å². The fraction of sp³-hybridized carbons (Fsp3) is 0.600. The molecule has 1 atom stereocenters. The second-order valence-electron chi connectivity index (χ2n) is 5.65. The zero-order valence-corrected chi connectivity index (χ0v) is 12.1. The van der Waals surface area contributed by atoms with Crippen molar-refractivity contribution in [2.75, 3.05) is 33.7 Å². The molecule has 0 radical (unpaired) electrons. The molecule has 1 aromatic carbocycles. The Morgan fingerprint density at radius 3 is 2.45 bits per heavy atom. The van der Waals surface area contributed by atoms with Crippen LogP contribution in [-0.4, -0.2) is 49.6 Å². The molecule has 20 heavy (non-hydrogen) atoms. The lowest BCUT2D eigenvalue weighted by atomic mass is 9.98. The molecule has 1 fully saturated rings. The Labute approximate surface area is 119 Å². The summed E-state index contributed by atoms with van der Waals surface area (Å²) in [5.74, 6) is -1.05. The third-order valence-electron chi connectivity index (χ3n) is 4.21. The number of likely N-dealkylation sites (tertiary alicyclic amines) is 1. The first-order chi connectivity index (χ1) is 9.52. The van der Waals surface area contributed by atoms with Gasteiger partial charge in [0.2, 0.25) is 0 Å². The number of hydrogen-bond acceptors (Lipinski definition) is 3. The number of nitrogens with zero attached hydrogens (tertiary/aromatic N) is 2. The Bertz CT molecular complexity index is 443. The maximum atomic E-state index is 13.9. The highest BCUT2D eigenvalue weighted by Gasteiger charge is 2.27. The van der Waals surface area contributed by atoms with Gasteiger partial charge in [-0.2, -0.15) is 0 Å². The number of piperidine rings is 1. The van der Waals surface area contributed by atoms with Gasteiger partial charge < -0.3 is 10.6 Å². The first-order valence-electron chi connectivity index (χ1n) is 7.08. The Morgan fingerprint density at radius 2 is 1.95 bits per heavy atom. The van der Waals surface area contributed by atoms with Crippen LogP contribution in [0.25, 0.3) is 0 Å². The SMILES string of the molecule is CN(C)C1CCN(C(CN)c2ccc(F)cc2F)CC1. The Morgan fingerprint density at radius 1 is 1.30 bits per heavy atom. The average molecular weight is 283 g/mol. The Kier molecular flexibility index (Phi) is 5.07. The van der Waals surface area contributed by atoms with Crippen molar-refractivity contribution in [3.63, 3.8) is 0 Å². The van der Waals surface area contributed by atoms with Crippen LogP contribution in [0.15, 0.2) is 18.2 Å². The van der Waals surface area contributed by atoms with Crippen LogP contribution in [0.2, 0.25) is 0 Å². The number of benzene rings is 1. The van der Waals surface area contributed by atoms with E-state index >= 15 is 0 Å². The zero-order valence-electron chi connectivity index (χ0n) is 12.1. The predicted octanol–water partition coefficient (Wildman–Crippen LogP) is 1.99. The molecular weight excluding hydrogens is 260 g/mol. The van der Waals surface area contributed by atoms with E-state index in [0.717, 1.165) is 32.0 Å². The van der Waals surface area contributed by atoms with Crippen LogP contribution in [-0.2, 0) is 0 Å². The smallest absolute Gasteiger partial charge is 0.130 e. The number of halogens is 2. The van der Waals surface area contributed by atoms with Gasteiger partial charge in [0.15, 0.2) is 0 Å². The normalized spacial score (nSPS) is 19.5. The van der Waals surface area contributed by atoms with Crippen molar-refractivity contribution < 1.29 is 8.78 Å². The topological polar surface area (TPSA) is 32.5 Å². The van der Waals surface area contributed by atoms with Gasteiger partial charge in [0, 0.05) is 43.3 Å². The van der Waals surface area contributed by atoms with Crippen LogP contribution in [0.3, 0.4) is 0 Å². The molecule has 2 N–H and O–H groups in total. The molecule has 0 bridgehead atoms. The zero-order chi connectivity index (χ0) is 14.7. The summed E-state index contributed by atoms with van der Waals surface area (Å²) >= 11 is 0. The van der Waals surface area contributed by atoms with Crippen LogP contribution < -0.4 is 5.73 Å². The quantitative estimate of drug-likeness (QED) is 0.917. The fourth-order valence-electron chi connectivity index (χ4n) is 2.96. The predicted molar refractivity (Wildman–Crippen MR) is 76.4 cm³/mol. The summed E-state index contributed by atoms with van der Waals surface area (Å²) in [6.07, 6.45) is 2.10. The molecule has 0 aliphatic carbocycles. The van der Waals surface area contributed by atoms with E-state index in [2.05, 4.69) is 23.9 Å². The van der Waals surface area contributed by atoms with Crippen LogP contribution in [0.4, 0.5) is 8.78 Å². The molecule has 5 heteroatoms. The van der Waals surface area contributed by atoms with Gasteiger partial charge in [-0.15, -0.1) is 0 Å². The van der Waals surface area contributed by atoms with Gasteiger partial charge in [-0.1, -0.05) is 6.07 Å². The lowest BCUT2D eigenvalue weighted by molar-refractivity contribution is 0.109. The van der Waals surface area contributed by atoms with Crippen LogP contribution >= 0.6 is 0 Å². The number of nitrogens with two attached hydrogens (primary N) is 1. The van der Waals surface area contributed by atoms with E-state index in [-0.39, 0.29) is 6.04 Å². The standard InChI is InChI=1S/C15H23F2N3/c1-19(2)12-5-7-20(8-6-12)15(10-18)13-4-3-11(16)9-14(13)17/h3-4,9,12,15H,5-8,10,18H2,1-2H3. The summed E-state index contributed by atoms with van der Waals surface area (Å²) in [6, 6.07) is 4.15. The van der Waals surface area contributed by atoms with Gasteiger partial charge in [0.25, 0.3) is 0 Å². The first kappa shape index (κ1) is 15.4. The van der Waals surface area contributed by atoms with Crippen molar-refractivity contribution in [1.82, 2.24) is 9.80 Å². The van der Waals surface area contributed by atoms with E-state index in [0.29, 0.717) is 18.2 Å². The lowest BCUT2D eigenvalue weighted by Crippen LogP contribution is -2.45. The van der Waals surface area contributed by atoms with Crippen molar-refractivity contribution in [1.29, 1.82) is 0 Å². The highest BCUT2D eigenvalue weighted by molar-refractivity contribution is 5.23. The molecule has 3 nitrogen and oxygen atoms in total. The van der Waals surface area contributed by atoms with E-state index in [9.17, 15) is 8.78 Å². The van der Waals surface area contributed by atoms with Crippen LogP contribution in [0, 0.1) is 11.6 Å². The molecule has 1 aromatic rings. The van der Waals surface area contributed by atoms with Crippen LogP contribution in [0.5, 0.6) is 0 Å². The largest absolute Gasteiger partial charge is 0.329 e. The molecule has 0 spiro atoms. The minimum Gasteiger partial charge on any atom is -0.329 e. The van der Waals surface area contributed by atoms with Crippen molar-refractivity contribution in [2.24, 2.45) is 5.73 Å². The molecule has 1 saturated heterocycles. The van der Waals surface area contributed by atoms with Crippen molar-refractivity contribution in [3.05, 3.63) is 35.4 Å². The number of rotatable bonds is 4. The number of hydrogen-bond donors (Lipinski definition) is 1. The van der Waals surface area contributed by atoms with Gasteiger partial charge >= 0.3 is 0 Å². The molecule has 1 aliphatic heterocycles. The highest BCUT2D eigenvalue weighted by atomic mass is 19.1. The molecule has 1 aliphatic rings. The molecule has 0 aromatic heterocycles. The molecule has 1 heterocycles. The Balaban J connectivity index is 2.09. The first-order valence-corrected chi connectivity index (χ1v) is 7.08. The molecule has 2 rings (SSSR count). The molecular formula is C15H23F2N3. The van der Waals surface area contributed by atoms with Crippen LogP contribution in [0.1, 0.15) is 24.4 Å². The maximum absolute atomic E-state index is 13.9. The van der Waals surface area contributed by atoms with E-state index in [4.69, 9.17) is 5.73 Å². The van der Waals surface area contributed by atoms with Gasteiger partial charge in [0.1, 0.15) is 11.6 Å².